The van der Waals surface area contributed by atoms with Crippen molar-refractivity contribution in [1.29, 1.82) is 0 Å². The molecule has 1 aliphatic carbocycles. The lowest BCUT2D eigenvalue weighted by atomic mass is 10.1. The average molecular weight is 400 g/mol. The Kier molecular flexibility index (Phi) is 5.50. The fraction of sp³-hybridized carbons (Fsp3) is 0.333. The quantitative estimate of drug-likeness (QED) is 0.778. The molecule has 4 rings (SSSR count). The zero-order valence-electron chi connectivity index (χ0n) is 15.4. The SMILES string of the molecule is O=C(Nc1cccc(N2CCOCC2)c1)C(=O)N[C@@H]1CCc2c(Cl)cccc21. The van der Waals surface area contributed by atoms with E-state index in [9.17, 15) is 9.59 Å². The van der Waals surface area contributed by atoms with Crippen LogP contribution in [0.5, 0.6) is 0 Å². The molecule has 1 aliphatic heterocycles. The molecule has 1 fully saturated rings. The van der Waals surface area contributed by atoms with Crippen LogP contribution < -0.4 is 15.5 Å². The molecule has 2 aromatic rings. The summed E-state index contributed by atoms with van der Waals surface area (Å²) in [6.45, 7) is 2.99. The predicted octanol–water partition coefficient (Wildman–Crippen LogP) is 2.92. The fourth-order valence-corrected chi connectivity index (χ4v) is 4.05. The Morgan fingerprint density at radius 3 is 2.68 bits per heavy atom. The largest absolute Gasteiger partial charge is 0.378 e. The molecule has 2 aliphatic rings. The standard InChI is InChI=1S/C21H22ClN3O3/c22-18-6-2-5-17-16(18)7-8-19(17)24-21(27)20(26)23-14-3-1-4-15(13-14)25-9-11-28-12-10-25/h1-6,13,19H,7-12H2,(H,23,26)(H,24,27)/t19-/m1/s1. The van der Waals surface area contributed by atoms with Gasteiger partial charge in [0.2, 0.25) is 0 Å². The number of nitrogens with zero attached hydrogens (tertiary/aromatic N) is 1. The van der Waals surface area contributed by atoms with Gasteiger partial charge in [-0.2, -0.15) is 0 Å². The molecular weight excluding hydrogens is 378 g/mol. The van der Waals surface area contributed by atoms with Crippen LogP contribution in [-0.2, 0) is 20.7 Å². The maximum absolute atomic E-state index is 12.4. The zero-order valence-corrected chi connectivity index (χ0v) is 16.2. The molecule has 1 heterocycles. The molecule has 1 saturated heterocycles. The van der Waals surface area contributed by atoms with E-state index in [4.69, 9.17) is 16.3 Å². The van der Waals surface area contributed by atoms with Crippen LogP contribution in [0, 0.1) is 0 Å². The van der Waals surface area contributed by atoms with E-state index < -0.39 is 11.8 Å². The number of hydrogen-bond acceptors (Lipinski definition) is 4. The Morgan fingerprint density at radius 2 is 1.86 bits per heavy atom. The van der Waals surface area contributed by atoms with Crippen molar-refractivity contribution >= 4 is 34.8 Å². The maximum atomic E-state index is 12.4. The lowest BCUT2D eigenvalue weighted by molar-refractivity contribution is -0.136. The first-order valence-electron chi connectivity index (χ1n) is 9.44. The third-order valence-corrected chi connectivity index (χ3v) is 5.56. The number of rotatable bonds is 3. The Hall–Kier alpha value is -2.57. The summed E-state index contributed by atoms with van der Waals surface area (Å²) in [5.41, 5.74) is 3.64. The van der Waals surface area contributed by atoms with E-state index in [0.29, 0.717) is 23.9 Å². The van der Waals surface area contributed by atoms with E-state index in [1.807, 2.05) is 36.4 Å². The summed E-state index contributed by atoms with van der Waals surface area (Å²) in [7, 11) is 0. The number of benzene rings is 2. The number of halogens is 1. The molecule has 0 unspecified atom stereocenters. The third kappa shape index (κ3) is 3.98. The summed E-state index contributed by atoms with van der Waals surface area (Å²) in [5, 5.41) is 6.23. The fourth-order valence-electron chi connectivity index (χ4n) is 3.77. The highest BCUT2D eigenvalue weighted by Crippen LogP contribution is 2.35. The molecule has 6 nitrogen and oxygen atoms in total. The summed E-state index contributed by atoms with van der Waals surface area (Å²) < 4.78 is 5.37. The predicted molar refractivity (Wildman–Crippen MR) is 109 cm³/mol. The molecule has 0 radical (unpaired) electrons. The Morgan fingerprint density at radius 1 is 1.07 bits per heavy atom. The summed E-state index contributed by atoms with van der Waals surface area (Å²) >= 11 is 6.22. The summed E-state index contributed by atoms with van der Waals surface area (Å²) in [5.74, 6) is -1.32. The molecule has 0 saturated carbocycles. The molecular formula is C21H22ClN3O3. The highest BCUT2D eigenvalue weighted by molar-refractivity contribution is 6.39. The van der Waals surface area contributed by atoms with E-state index in [2.05, 4.69) is 15.5 Å². The van der Waals surface area contributed by atoms with Crippen molar-refractivity contribution in [3.63, 3.8) is 0 Å². The van der Waals surface area contributed by atoms with Crippen LogP contribution in [0.25, 0.3) is 0 Å². The highest BCUT2D eigenvalue weighted by atomic mass is 35.5. The lowest BCUT2D eigenvalue weighted by Crippen LogP contribution is -2.37. The number of amides is 2. The van der Waals surface area contributed by atoms with Crippen LogP contribution in [0.2, 0.25) is 5.02 Å². The number of ether oxygens (including phenoxy) is 1. The smallest absolute Gasteiger partial charge is 0.313 e. The van der Waals surface area contributed by atoms with Crippen molar-refractivity contribution in [3.05, 3.63) is 58.6 Å². The van der Waals surface area contributed by atoms with Gasteiger partial charge in [0.1, 0.15) is 0 Å². The molecule has 2 N–H and O–H groups in total. The minimum Gasteiger partial charge on any atom is -0.378 e. The first-order chi connectivity index (χ1) is 13.6. The maximum Gasteiger partial charge on any atom is 0.313 e. The summed E-state index contributed by atoms with van der Waals surface area (Å²) in [6.07, 6.45) is 1.54. The number of nitrogens with one attached hydrogen (secondary N) is 2. The zero-order chi connectivity index (χ0) is 19.5. The van der Waals surface area contributed by atoms with Crippen molar-refractivity contribution in [1.82, 2.24) is 5.32 Å². The summed E-state index contributed by atoms with van der Waals surface area (Å²) in [6, 6.07) is 13.0. The van der Waals surface area contributed by atoms with Gasteiger partial charge in [-0.1, -0.05) is 29.8 Å². The van der Waals surface area contributed by atoms with E-state index in [1.165, 1.54) is 0 Å². The molecule has 2 amide bonds. The Bertz CT molecular complexity index is 896. The van der Waals surface area contributed by atoms with Crippen LogP contribution in [0.15, 0.2) is 42.5 Å². The van der Waals surface area contributed by atoms with Gasteiger partial charge in [0.15, 0.2) is 0 Å². The van der Waals surface area contributed by atoms with Gasteiger partial charge in [-0.05, 0) is 48.2 Å². The average Bonchev–Trinajstić information content (AvgIpc) is 3.13. The molecule has 1 atom stereocenters. The molecule has 0 spiro atoms. The van der Waals surface area contributed by atoms with Gasteiger partial charge >= 0.3 is 11.8 Å². The normalized spacial score (nSPS) is 18.5. The third-order valence-electron chi connectivity index (χ3n) is 5.21. The van der Waals surface area contributed by atoms with Crippen molar-refractivity contribution in [3.8, 4) is 0 Å². The van der Waals surface area contributed by atoms with E-state index in [1.54, 1.807) is 6.07 Å². The van der Waals surface area contributed by atoms with Crippen LogP contribution in [0.4, 0.5) is 11.4 Å². The van der Waals surface area contributed by atoms with E-state index >= 15 is 0 Å². The molecule has 2 aromatic carbocycles. The Balaban J connectivity index is 1.39. The van der Waals surface area contributed by atoms with Gasteiger partial charge in [0, 0.05) is 29.5 Å². The van der Waals surface area contributed by atoms with Gasteiger partial charge in [-0.15, -0.1) is 0 Å². The summed E-state index contributed by atoms with van der Waals surface area (Å²) in [4.78, 5) is 27.0. The molecule has 7 heteroatoms. The number of hydrogen-bond donors (Lipinski definition) is 2. The number of anilines is 2. The second kappa shape index (κ2) is 8.20. The van der Waals surface area contributed by atoms with Crippen molar-refractivity contribution in [2.45, 2.75) is 18.9 Å². The molecule has 0 aromatic heterocycles. The Labute approximate surface area is 168 Å². The van der Waals surface area contributed by atoms with Gasteiger partial charge in [-0.25, -0.2) is 0 Å². The first-order valence-corrected chi connectivity index (χ1v) is 9.81. The van der Waals surface area contributed by atoms with Crippen LogP contribution in [0.3, 0.4) is 0 Å². The van der Waals surface area contributed by atoms with Gasteiger partial charge in [-0.3, -0.25) is 9.59 Å². The second-order valence-corrected chi connectivity index (χ2v) is 7.38. The van der Waals surface area contributed by atoms with E-state index in [-0.39, 0.29) is 6.04 Å². The van der Waals surface area contributed by atoms with Crippen LogP contribution >= 0.6 is 11.6 Å². The number of carbonyl (C=O) groups excluding carboxylic acids is 2. The van der Waals surface area contributed by atoms with Crippen LogP contribution in [-0.4, -0.2) is 38.1 Å². The van der Waals surface area contributed by atoms with Gasteiger partial charge < -0.3 is 20.3 Å². The monoisotopic (exact) mass is 399 g/mol. The van der Waals surface area contributed by atoms with Gasteiger partial charge in [0.05, 0.1) is 19.3 Å². The number of morpholine rings is 1. The second-order valence-electron chi connectivity index (χ2n) is 6.98. The molecule has 0 bridgehead atoms. The minimum atomic E-state index is -0.672. The topological polar surface area (TPSA) is 70.7 Å². The minimum absolute atomic E-state index is 0.188. The van der Waals surface area contributed by atoms with Crippen molar-refractivity contribution < 1.29 is 14.3 Å². The number of fused-ring (bicyclic) bond motifs is 1. The number of carbonyl (C=O) groups is 2. The first kappa shape index (κ1) is 18.8. The van der Waals surface area contributed by atoms with E-state index in [0.717, 1.165) is 42.7 Å². The van der Waals surface area contributed by atoms with Crippen LogP contribution in [0.1, 0.15) is 23.6 Å². The molecule has 146 valence electrons. The van der Waals surface area contributed by atoms with Gasteiger partial charge in [0.25, 0.3) is 0 Å². The van der Waals surface area contributed by atoms with Crippen molar-refractivity contribution in [2.75, 3.05) is 36.5 Å². The van der Waals surface area contributed by atoms with Crippen molar-refractivity contribution in [2.24, 2.45) is 0 Å². The lowest BCUT2D eigenvalue weighted by Gasteiger charge is -2.29. The molecule has 28 heavy (non-hydrogen) atoms. The highest BCUT2D eigenvalue weighted by Gasteiger charge is 2.27.